The van der Waals surface area contributed by atoms with Crippen molar-refractivity contribution in [2.75, 3.05) is 39.0 Å². The van der Waals surface area contributed by atoms with E-state index in [1.54, 1.807) is 15.4 Å². The molecule has 1 aromatic carbocycles. The molecular formula is C21H24N6O2S. The first-order valence-electron chi connectivity index (χ1n) is 10.2. The van der Waals surface area contributed by atoms with Crippen LogP contribution in [0.15, 0.2) is 40.4 Å². The molecule has 2 aliphatic heterocycles. The maximum atomic E-state index is 13.3. The van der Waals surface area contributed by atoms with Gasteiger partial charge < -0.3 is 9.80 Å². The fourth-order valence-corrected chi connectivity index (χ4v) is 5.28. The molecule has 2 aliphatic rings. The predicted octanol–water partition coefficient (Wildman–Crippen LogP) is 1.70. The Morgan fingerprint density at radius 2 is 1.97 bits per heavy atom. The predicted molar refractivity (Wildman–Crippen MR) is 116 cm³/mol. The van der Waals surface area contributed by atoms with Gasteiger partial charge in [-0.2, -0.15) is 5.10 Å². The van der Waals surface area contributed by atoms with E-state index in [-0.39, 0.29) is 17.5 Å². The van der Waals surface area contributed by atoms with Crippen molar-refractivity contribution in [2.45, 2.75) is 24.5 Å². The van der Waals surface area contributed by atoms with Gasteiger partial charge in [0, 0.05) is 38.4 Å². The van der Waals surface area contributed by atoms with Gasteiger partial charge in [-0.05, 0) is 25.6 Å². The minimum Gasteiger partial charge on any atom is -0.340 e. The van der Waals surface area contributed by atoms with E-state index >= 15 is 0 Å². The van der Waals surface area contributed by atoms with Crippen molar-refractivity contribution in [1.82, 2.24) is 29.1 Å². The van der Waals surface area contributed by atoms with E-state index in [0.717, 1.165) is 37.4 Å². The first kappa shape index (κ1) is 19.3. The van der Waals surface area contributed by atoms with Crippen LogP contribution in [0.25, 0.3) is 16.7 Å². The van der Waals surface area contributed by atoms with Crippen molar-refractivity contribution in [1.29, 1.82) is 0 Å². The van der Waals surface area contributed by atoms with Crippen molar-refractivity contribution in [3.05, 3.63) is 46.4 Å². The molecule has 0 aliphatic carbocycles. The largest absolute Gasteiger partial charge is 0.340 e. The Hall–Kier alpha value is -2.65. The van der Waals surface area contributed by atoms with Crippen molar-refractivity contribution >= 4 is 28.7 Å². The standard InChI is InChI=1S/C21H24N6O2S/c1-14-5-3-4-6-17(14)27-19-16(12-22-27)20(29)26-15(13-30-21(26)23-19)11-18(28)25-9-7-24(2)8-10-25/h3-6,12,15H,7-11,13H2,1-2H3. The van der Waals surface area contributed by atoms with Gasteiger partial charge >= 0.3 is 0 Å². The number of likely N-dealkylation sites (N-methyl/N-ethyl adjacent to an activating group) is 1. The van der Waals surface area contributed by atoms with Crippen LogP contribution in [0.3, 0.4) is 0 Å². The summed E-state index contributed by atoms with van der Waals surface area (Å²) in [6.07, 6.45) is 1.93. The van der Waals surface area contributed by atoms with E-state index in [1.807, 2.05) is 36.1 Å². The van der Waals surface area contributed by atoms with E-state index in [1.165, 1.54) is 11.8 Å². The number of hydrogen-bond donors (Lipinski definition) is 0. The van der Waals surface area contributed by atoms with Crippen molar-refractivity contribution in [3.63, 3.8) is 0 Å². The van der Waals surface area contributed by atoms with Crippen molar-refractivity contribution in [2.24, 2.45) is 0 Å². The Kier molecular flexibility index (Phi) is 4.86. The number of carbonyl (C=O) groups is 1. The van der Waals surface area contributed by atoms with Crippen LogP contribution in [-0.2, 0) is 4.79 Å². The summed E-state index contributed by atoms with van der Waals surface area (Å²) in [5, 5.41) is 5.60. The van der Waals surface area contributed by atoms with E-state index in [0.29, 0.717) is 28.4 Å². The highest BCUT2D eigenvalue weighted by Gasteiger charge is 2.31. The molecule has 0 saturated carbocycles. The normalized spacial score (nSPS) is 19.4. The lowest BCUT2D eigenvalue weighted by Gasteiger charge is -2.33. The van der Waals surface area contributed by atoms with Crippen LogP contribution in [-0.4, -0.2) is 74.0 Å². The maximum absolute atomic E-state index is 13.3. The number of hydrogen-bond acceptors (Lipinski definition) is 6. The zero-order valence-electron chi connectivity index (χ0n) is 17.1. The molecular weight excluding hydrogens is 400 g/mol. The Morgan fingerprint density at radius 1 is 1.20 bits per heavy atom. The lowest BCUT2D eigenvalue weighted by molar-refractivity contribution is -0.133. The molecule has 1 amide bonds. The molecule has 0 radical (unpaired) electrons. The van der Waals surface area contributed by atoms with Crippen LogP contribution in [0, 0.1) is 6.92 Å². The highest BCUT2D eigenvalue weighted by Crippen LogP contribution is 2.34. The molecule has 2 aromatic heterocycles. The molecule has 4 heterocycles. The zero-order valence-corrected chi connectivity index (χ0v) is 17.9. The van der Waals surface area contributed by atoms with Gasteiger partial charge in [0.15, 0.2) is 10.8 Å². The molecule has 1 atom stereocenters. The lowest BCUT2D eigenvalue weighted by atomic mass is 10.2. The quantitative estimate of drug-likeness (QED) is 0.596. The molecule has 0 N–H and O–H groups in total. The number of aryl methyl sites for hydroxylation is 1. The van der Waals surface area contributed by atoms with Crippen molar-refractivity contribution in [3.8, 4) is 5.69 Å². The third-order valence-corrected chi connectivity index (χ3v) is 7.08. The van der Waals surface area contributed by atoms with Gasteiger partial charge in [-0.3, -0.25) is 14.2 Å². The second kappa shape index (κ2) is 7.55. The van der Waals surface area contributed by atoms with Crippen LogP contribution < -0.4 is 5.56 Å². The third kappa shape index (κ3) is 3.22. The highest BCUT2D eigenvalue weighted by atomic mass is 32.2. The average molecular weight is 425 g/mol. The summed E-state index contributed by atoms with van der Waals surface area (Å²) in [6, 6.07) is 7.74. The molecule has 156 valence electrons. The molecule has 1 saturated heterocycles. The van der Waals surface area contributed by atoms with Gasteiger partial charge in [-0.25, -0.2) is 9.67 Å². The number of para-hydroxylation sites is 1. The Bertz CT molecular complexity index is 1180. The first-order valence-corrected chi connectivity index (χ1v) is 11.2. The summed E-state index contributed by atoms with van der Waals surface area (Å²) in [6.45, 7) is 5.29. The lowest BCUT2D eigenvalue weighted by Crippen LogP contribution is -2.47. The number of aromatic nitrogens is 4. The summed E-state index contributed by atoms with van der Waals surface area (Å²) in [7, 11) is 2.07. The Balaban J connectivity index is 1.47. The summed E-state index contributed by atoms with van der Waals surface area (Å²) >= 11 is 1.54. The van der Waals surface area contributed by atoms with Crippen LogP contribution in [0.4, 0.5) is 0 Å². The molecule has 8 nitrogen and oxygen atoms in total. The van der Waals surface area contributed by atoms with Gasteiger partial charge in [0.25, 0.3) is 5.56 Å². The summed E-state index contributed by atoms with van der Waals surface area (Å²) in [5.41, 5.74) is 2.43. The number of rotatable bonds is 3. The molecule has 0 bridgehead atoms. The van der Waals surface area contributed by atoms with Crippen LogP contribution >= 0.6 is 11.8 Å². The number of piperazine rings is 1. The topological polar surface area (TPSA) is 76.3 Å². The van der Waals surface area contributed by atoms with E-state index in [9.17, 15) is 9.59 Å². The van der Waals surface area contributed by atoms with Crippen LogP contribution in [0.2, 0.25) is 0 Å². The number of nitrogens with zero attached hydrogens (tertiary/aromatic N) is 6. The maximum Gasteiger partial charge on any atom is 0.265 e. The zero-order chi connectivity index (χ0) is 20.8. The molecule has 3 aromatic rings. The fourth-order valence-electron chi connectivity index (χ4n) is 4.14. The molecule has 5 rings (SSSR count). The van der Waals surface area contributed by atoms with Gasteiger partial charge in [-0.15, -0.1) is 0 Å². The number of fused-ring (bicyclic) bond motifs is 2. The molecule has 1 fully saturated rings. The van der Waals surface area contributed by atoms with E-state index < -0.39 is 0 Å². The average Bonchev–Trinajstić information content (AvgIpc) is 3.34. The van der Waals surface area contributed by atoms with E-state index in [2.05, 4.69) is 17.0 Å². The number of carbonyl (C=O) groups excluding carboxylic acids is 1. The second-order valence-electron chi connectivity index (χ2n) is 8.00. The molecule has 1 unspecified atom stereocenters. The number of benzene rings is 1. The number of thioether (sulfide) groups is 1. The summed E-state index contributed by atoms with van der Waals surface area (Å²) in [5.74, 6) is 0.802. The molecule has 0 spiro atoms. The molecule has 9 heteroatoms. The Labute approximate surface area is 178 Å². The SMILES string of the molecule is Cc1ccccc1-n1ncc2c(=O)n3c(nc21)SCC3CC(=O)N1CCN(C)CC1. The summed E-state index contributed by atoms with van der Waals surface area (Å²) in [4.78, 5) is 35.0. The monoisotopic (exact) mass is 424 g/mol. The van der Waals surface area contributed by atoms with Gasteiger partial charge in [0.2, 0.25) is 5.91 Å². The van der Waals surface area contributed by atoms with E-state index in [4.69, 9.17) is 4.98 Å². The number of amides is 1. The van der Waals surface area contributed by atoms with Crippen LogP contribution in [0.5, 0.6) is 0 Å². The Morgan fingerprint density at radius 3 is 2.73 bits per heavy atom. The first-order chi connectivity index (χ1) is 14.5. The minimum atomic E-state index is -0.164. The minimum absolute atomic E-state index is 0.115. The molecule has 30 heavy (non-hydrogen) atoms. The smallest absolute Gasteiger partial charge is 0.265 e. The fraction of sp³-hybridized carbons (Fsp3) is 0.429. The van der Waals surface area contributed by atoms with Crippen LogP contribution in [0.1, 0.15) is 18.0 Å². The van der Waals surface area contributed by atoms with Gasteiger partial charge in [-0.1, -0.05) is 30.0 Å². The summed E-state index contributed by atoms with van der Waals surface area (Å²) < 4.78 is 3.43. The van der Waals surface area contributed by atoms with Crippen molar-refractivity contribution < 1.29 is 4.79 Å². The van der Waals surface area contributed by atoms with Gasteiger partial charge in [0.1, 0.15) is 5.39 Å². The second-order valence-corrected chi connectivity index (χ2v) is 8.99. The third-order valence-electron chi connectivity index (χ3n) is 5.98. The van der Waals surface area contributed by atoms with Gasteiger partial charge in [0.05, 0.1) is 17.9 Å². The highest BCUT2D eigenvalue weighted by molar-refractivity contribution is 7.99.